The van der Waals surface area contributed by atoms with Crippen LogP contribution in [0.1, 0.15) is 0 Å². The summed E-state index contributed by atoms with van der Waals surface area (Å²) in [6.07, 6.45) is 0. The molecule has 0 aromatic heterocycles. The SMILES string of the molecule is c1ccc(-c2ccc(-c3c4ccc(N5c6ccccc6Sc6ccccc65)cc4c(-c4ccccc4)c4ccc(N5c6ccccc6Sc6ccccc65)cc34)c3ccccc23)cc1. The van der Waals surface area contributed by atoms with Crippen LogP contribution in [-0.4, -0.2) is 0 Å². The van der Waals surface area contributed by atoms with Crippen LogP contribution < -0.4 is 9.80 Å². The van der Waals surface area contributed by atoms with Crippen molar-refractivity contribution in [3.63, 3.8) is 0 Å². The van der Waals surface area contributed by atoms with Crippen molar-refractivity contribution < 1.29 is 0 Å². The summed E-state index contributed by atoms with van der Waals surface area (Å²) in [5.74, 6) is 0. The van der Waals surface area contributed by atoms with Gasteiger partial charge in [0.2, 0.25) is 0 Å². The van der Waals surface area contributed by atoms with Gasteiger partial charge in [0, 0.05) is 31.0 Å². The van der Waals surface area contributed by atoms with E-state index in [9.17, 15) is 0 Å². The fourth-order valence-corrected chi connectivity index (χ4v) is 12.2. The van der Waals surface area contributed by atoms with E-state index in [4.69, 9.17) is 0 Å². The summed E-state index contributed by atoms with van der Waals surface area (Å²) in [7, 11) is 0. The number of hydrogen-bond donors (Lipinski definition) is 0. The molecule has 0 unspecified atom stereocenters. The summed E-state index contributed by atoms with van der Waals surface area (Å²) in [6.45, 7) is 0. The topological polar surface area (TPSA) is 6.48 Å². The van der Waals surface area contributed by atoms with Gasteiger partial charge in [0.1, 0.15) is 0 Å². The molecule has 0 spiro atoms. The van der Waals surface area contributed by atoms with Crippen LogP contribution >= 0.6 is 23.5 Å². The molecular weight excluding hydrogens is 813 g/mol. The largest absolute Gasteiger partial charge is 0.308 e. The summed E-state index contributed by atoms with van der Waals surface area (Å²) in [4.78, 5) is 9.91. The highest BCUT2D eigenvalue weighted by Crippen LogP contribution is 2.55. The maximum atomic E-state index is 2.46. The Bertz CT molecular complexity index is 3550. The van der Waals surface area contributed by atoms with Gasteiger partial charge in [-0.3, -0.25) is 0 Å². The van der Waals surface area contributed by atoms with Crippen LogP contribution in [0, 0.1) is 0 Å². The van der Waals surface area contributed by atoms with Crippen LogP contribution in [0.4, 0.5) is 34.1 Å². The number of para-hydroxylation sites is 4. The van der Waals surface area contributed by atoms with Crippen LogP contribution in [0.25, 0.3) is 65.7 Å². The summed E-state index contributed by atoms with van der Waals surface area (Å²) < 4.78 is 0. The van der Waals surface area contributed by atoms with Crippen molar-refractivity contribution in [2.45, 2.75) is 19.6 Å². The highest BCUT2D eigenvalue weighted by Gasteiger charge is 2.28. The Morgan fingerprint density at radius 1 is 0.250 bits per heavy atom. The zero-order valence-electron chi connectivity index (χ0n) is 34.7. The zero-order valence-corrected chi connectivity index (χ0v) is 36.3. The van der Waals surface area contributed by atoms with Gasteiger partial charge in [0.25, 0.3) is 0 Å². The van der Waals surface area contributed by atoms with E-state index in [0.29, 0.717) is 0 Å². The Hall–Kier alpha value is -7.50. The van der Waals surface area contributed by atoms with Gasteiger partial charge in [0.05, 0.1) is 22.7 Å². The van der Waals surface area contributed by atoms with E-state index in [1.54, 1.807) is 0 Å². The first-order valence-electron chi connectivity index (χ1n) is 21.8. The van der Waals surface area contributed by atoms with Crippen LogP contribution in [0.2, 0.25) is 0 Å². The van der Waals surface area contributed by atoms with Crippen molar-refractivity contribution in [2.24, 2.45) is 0 Å². The number of hydrogen-bond acceptors (Lipinski definition) is 4. The van der Waals surface area contributed by atoms with Gasteiger partial charge >= 0.3 is 0 Å². The maximum absolute atomic E-state index is 2.46. The van der Waals surface area contributed by atoms with E-state index in [2.05, 4.69) is 240 Å². The van der Waals surface area contributed by atoms with Crippen LogP contribution in [-0.2, 0) is 0 Å². The van der Waals surface area contributed by atoms with Crippen LogP contribution in [0.15, 0.2) is 250 Å². The third kappa shape index (κ3) is 5.91. The first-order valence-corrected chi connectivity index (χ1v) is 23.4. The lowest BCUT2D eigenvalue weighted by molar-refractivity contribution is 1.17. The third-order valence-electron chi connectivity index (χ3n) is 12.8. The molecule has 2 nitrogen and oxygen atoms in total. The normalized spacial score (nSPS) is 12.8. The van der Waals surface area contributed by atoms with Gasteiger partial charge < -0.3 is 9.80 Å². The Kier molecular flexibility index (Phi) is 8.75. The lowest BCUT2D eigenvalue weighted by Crippen LogP contribution is -2.15. The Morgan fingerprint density at radius 3 is 1.12 bits per heavy atom. The number of fused-ring (bicyclic) bond motifs is 7. The Morgan fingerprint density at radius 2 is 0.625 bits per heavy atom. The molecule has 0 fully saturated rings. The molecular formula is C60H38N2S2. The smallest absolute Gasteiger partial charge is 0.0601 e. The van der Waals surface area contributed by atoms with Crippen molar-refractivity contribution in [1.82, 2.24) is 0 Å². The van der Waals surface area contributed by atoms with Crippen LogP contribution in [0.5, 0.6) is 0 Å². The van der Waals surface area contributed by atoms with Crippen molar-refractivity contribution in [3.05, 3.63) is 231 Å². The molecule has 0 atom stereocenters. The monoisotopic (exact) mass is 850 g/mol. The van der Waals surface area contributed by atoms with Crippen molar-refractivity contribution >= 4 is 90.0 Å². The Balaban J connectivity index is 1.15. The number of anilines is 6. The van der Waals surface area contributed by atoms with E-state index < -0.39 is 0 Å². The van der Waals surface area contributed by atoms with Crippen molar-refractivity contribution in [1.29, 1.82) is 0 Å². The maximum Gasteiger partial charge on any atom is 0.0601 e. The molecule has 2 aliphatic rings. The van der Waals surface area contributed by atoms with Gasteiger partial charge in [-0.15, -0.1) is 0 Å². The van der Waals surface area contributed by atoms with E-state index in [0.717, 1.165) is 11.4 Å². The molecule has 0 bridgehead atoms. The lowest BCUT2D eigenvalue weighted by atomic mass is 9.83. The Labute approximate surface area is 381 Å². The molecule has 11 aromatic carbocycles. The zero-order chi connectivity index (χ0) is 42.1. The molecule has 2 aliphatic heterocycles. The average molecular weight is 851 g/mol. The summed E-state index contributed by atoms with van der Waals surface area (Å²) >= 11 is 3.69. The first-order chi connectivity index (χ1) is 31.8. The van der Waals surface area contributed by atoms with E-state index >= 15 is 0 Å². The average Bonchev–Trinajstić information content (AvgIpc) is 3.36. The van der Waals surface area contributed by atoms with Gasteiger partial charge in [0.15, 0.2) is 0 Å². The minimum Gasteiger partial charge on any atom is -0.308 e. The van der Waals surface area contributed by atoms with E-state index in [1.807, 2.05) is 23.5 Å². The fraction of sp³-hybridized carbons (Fsp3) is 0. The minimum absolute atomic E-state index is 1.13. The quantitative estimate of drug-likeness (QED) is 0.159. The molecule has 0 radical (unpaired) electrons. The van der Waals surface area contributed by atoms with Gasteiger partial charge in [-0.2, -0.15) is 0 Å². The molecule has 0 saturated heterocycles. The molecule has 13 rings (SSSR count). The van der Waals surface area contributed by atoms with Gasteiger partial charge in [-0.05, 0) is 138 Å². The molecule has 0 saturated carbocycles. The predicted molar refractivity (Wildman–Crippen MR) is 273 cm³/mol. The number of nitrogens with zero attached hydrogens (tertiary/aromatic N) is 2. The van der Waals surface area contributed by atoms with E-state index in [1.165, 1.54) is 108 Å². The lowest BCUT2D eigenvalue weighted by Gasteiger charge is -2.34. The highest BCUT2D eigenvalue weighted by atomic mass is 32.2. The summed E-state index contributed by atoms with van der Waals surface area (Å²) in [5, 5.41) is 7.33. The summed E-state index contributed by atoms with van der Waals surface area (Å²) in [6, 6.07) is 85.0. The standard InChI is InChI=1S/C60H38N2S2/c1-3-17-39(18-4-1)43-35-36-46(45-22-8-7-21-44(43)45)60-48-34-32-41(61-51-23-9-13-27-55(51)63-56-28-14-10-24-52(56)61)37-49(48)59(40-19-5-2-6-20-40)47-33-31-42(38-50(47)60)62-53-25-11-15-29-57(53)64-58-30-16-12-26-54(58)62/h1-38H. The van der Waals surface area contributed by atoms with Crippen molar-refractivity contribution in [3.8, 4) is 33.4 Å². The summed E-state index contributed by atoms with van der Waals surface area (Å²) in [5.41, 5.74) is 14.4. The second-order valence-corrected chi connectivity index (χ2v) is 18.6. The molecule has 0 N–H and O–H groups in total. The molecule has 2 heterocycles. The molecule has 11 aromatic rings. The molecule has 300 valence electrons. The van der Waals surface area contributed by atoms with E-state index in [-0.39, 0.29) is 0 Å². The minimum atomic E-state index is 1.13. The van der Waals surface area contributed by atoms with Gasteiger partial charge in [-0.1, -0.05) is 181 Å². The second kappa shape index (κ2) is 15.1. The van der Waals surface area contributed by atoms with Crippen molar-refractivity contribution in [2.75, 3.05) is 9.80 Å². The predicted octanol–water partition coefficient (Wildman–Crippen LogP) is 18.0. The molecule has 4 heteroatoms. The fourth-order valence-electron chi connectivity index (χ4n) is 10.0. The highest BCUT2D eigenvalue weighted by molar-refractivity contribution is 8.00. The number of benzene rings is 11. The second-order valence-electron chi connectivity index (χ2n) is 16.4. The molecule has 64 heavy (non-hydrogen) atoms. The van der Waals surface area contributed by atoms with Crippen LogP contribution in [0.3, 0.4) is 0 Å². The third-order valence-corrected chi connectivity index (χ3v) is 15.1. The first kappa shape index (κ1) is 37.1. The molecule has 0 aliphatic carbocycles. The molecule has 0 amide bonds. The van der Waals surface area contributed by atoms with Gasteiger partial charge in [-0.25, -0.2) is 0 Å². The number of rotatable bonds is 5.